The molecule has 1 aromatic heterocycles. The van der Waals surface area contributed by atoms with Crippen LogP contribution in [0.5, 0.6) is 0 Å². The van der Waals surface area contributed by atoms with E-state index < -0.39 is 29.6 Å². The predicted molar refractivity (Wildman–Crippen MR) is 57.2 cm³/mol. The molecule has 0 amide bonds. The van der Waals surface area contributed by atoms with Crippen LogP contribution in [-0.4, -0.2) is 28.9 Å². The molecule has 0 N–H and O–H groups in total. The van der Waals surface area contributed by atoms with Gasteiger partial charge in [-0.2, -0.15) is 4.39 Å². The minimum absolute atomic E-state index is 0.00278. The van der Waals surface area contributed by atoms with Gasteiger partial charge in [0.15, 0.2) is 0 Å². The van der Waals surface area contributed by atoms with Crippen molar-refractivity contribution in [1.82, 2.24) is 4.98 Å². The summed E-state index contributed by atoms with van der Waals surface area (Å²) in [4.78, 5) is 14.7. The van der Waals surface area contributed by atoms with E-state index in [0.717, 1.165) is 12.3 Å². The predicted octanol–water partition coefficient (Wildman–Crippen LogP) is 2.36. The number of anilines is 1. The van der Waals surface area contributed by atoms with Gasteiger partial charge in [-0.1, -0.05) is 0 Å². The van der Waals surface area contributed by atoms with Crippen LogP contribution in [0.1, 0.15) is 12.8 Å². The van der Waals surface area contributed by atoms with Crippen molar-refractivity contribution in [2.24, 2.45) is 0 Å². The van der Waals surface area contributed by atoms with Gasteiger partial charge < -0.3 is 4.90 Å². The molecule has 18 heavy (non-hydrogen) atoms. The Hall–Kier alpha value is -1.86. The summed E-state index contributed by atoms with van der Waals surface area (Å²) >= 11 is 0. The van der Waals surface area contributed by atoms with E-state index in [0.29, 0.717) is 0 Å². The van der Waals surface area contributed by atoms with Crippen molar-refractivity contribution < 1.29 is 18.1 Å². The molecule has 0 aromatic carbocycles. The summed E-state index contributed by atoms with van der Waals surface area (Å²) in [7, 11) is 0. The van der Waals surface area contributed by atoms with Crippen LogP contribution in [0.4, 0.5) is 24.5 Å². The van der Waals surface area contributed by atoms with Crippen LogP contribution in [-0.2, 0) is 0 Å². The van der Waals surface area contributed by atoms with Crippen LogP contribution in [0.3, 0.4) is 0 Å². The summed E-state index contributed by atoms with van der Waals surface area (Å²) in [5, 5.41) is 10.8. The highest BCUT2D eigenvalue weighted by Crippen LogP contribution is 2.34. The van der Waals surface area contributed by atoms with Gasteiger partial charge >= 0.3 is 5.69 Å². The van der Waals surface area contributed by atoms with Crippen molar-refractivity contribution in [2.75, 3.05) is 18.0 Å². The van der Waals surface area contributed by atoms with Crippen molar-refractivity contribution in [3.05, 3.63) is 28.3 Å². The number of nitro groups is 1. The molecule has 98 valence electrons. The zero-order chi connectivity index (χ0) is 13.3. The molecule has 0 aliphatic carbocycles. The number of hydrogen-bond donors (Lipinski definition) is 0. The molecule has 1 aromatic rings. The quantitative estimate of drug-likeness (QED) is 0.466. The first kappa shape index (κ1) is 12.6. The molecule has 0 saturated carbocycles. The van der Waals surface area contributed by atoms with Gasteiger partial charge in [0.2, 0.25) is 5.95 Å². The summed E-state index contributed by atoms with van der Waals surface area (Å²) in [6.45, 7) is -0.0887. The van der Waals surface area contributed by atoms with Crippen LogP contribution in [0.25, 0.3) is 0 Å². The van der Waals surface area contributed by atoms with Gasteiger partial charge in [-0.3, -0.25) is 10.1 Å². The van der Waals surface area contributed by atoms with Crippen LogP contribution < -0.4 is 4.90 Å². The van der Waals surface area contributed by atoms with Crippen LogP contribution in [0.2, 0.25) is 0 Å². The lowest BCUT2D eigenvalue weighted by Crippen LogP contribution is -2.39. The average Bonchev–Trinajstić information content (AvgIpc) is 2.28. The van der Waals surface area contributed by atoms with Crippen molar-refractivity contribution in [3.63, 3.8) is 0 Å². The maximum atomic E-state index is 13.0. The molecule has 0 radical (unpaired) electrons. The Bertz CT molecular complexity index is 471. The second-order valence-electron chi connectivity index (χ2n) is 4.10. The number of pyridine rings is 1. The van der Waals surface area contributed by atoms with Crippen molar-refractivity contribution in [3.8, 4) is 0 Å². The van der Waals surface area contributed by atoms with Crippen LogP contribution in [0.15, 0.2) is 12.3 Å². The van der Waals surface area contributed by atoms with Gasteiger partial charge in [-0.25, -0.2) is 13.8 Å². The molecule has 1 aliphatic rings. The first-order chi connectivity index (χ1) is 8.39. The molecule has 1 fully saturated rings. The van der Waals surface area contributed by atoms with Gasteiger partial charge in [0.05, 0.1) is 4.92 Å². The third kappa shape index (κ3) is 2.52. The van der Waals surface area contributed by atoms with Crippen LogP contribution >= 0.6 is 0 Å². The number of hydrogen-bond acceptors (Lipinski definition) is 4. The van der Waals surface area contributed by atoms with E-state index in [-0.39, 0.29) is 24.5 Å². The monoisotopic (exact) mass is 261 g/mol. The number of halogens is 3. The van der Waals surface area contributed by atoms with E-state index in [1.807, 2.05) is 0 Å². The number of nitrogens with zero attached hydrogens (tertiary/aromatic N) is 3. The Balaban J connectivity index is 2.28. The fraction of sp³-hybridized carbons (Fsp3) is 0.500. The average molecular weight is 261 g/mol. The number of piperidine rings is 1. The summed E-state index contributed by atoms with van der Waals surface area (Å²) < 4.78 is 39.0. The number of rotatable bonds is 2. The summed E-state index contributed by atoms with van der Waals surface area (Å²) in [5.74, 6) is -3.62. The molecule has 5 nitrogen and oxygen atoms in total. The molecule has 8 heteroatoms. The Morgan fingerprint density at radius 2 is 2.00 bits per heavy atom. The van der Waals surface area contributed by atoms with Crippen LogP contribution in [0, 0.1) is 16.1 Å². The number of aromatic nitrogens is 1. The minimum Gasteiger partial charge on any atom is -0.365 e. The highest BCUT2D eigenvalue weighted by atomic mass is 19.3. The molecule has 1 aliphatic heterocycles. The van der Waals surface area contributed by atoms with E-state index >= 15 is 0 Å². The van der Waals surface area contributed by atoms with Crippen molar-refractivity contribution in [1.29, 1.82) is 0 Å². The van der Waals surface area contributed by atoms with Gasteiger partial charge in [0, 0.05) is 32.0 Å². The highest BCUT2D eigenvalue weighted by molar-refractivity contribution is 5.62. The molecule has 2 rings (SSSR count). The molecule has 0 atom stereocenters. The maximum Gasteiger partial charge on any atom is 0.310 e. The smallest absolute Gasteiger partial charge is 0.310 e. The van der Waals surface area contributed by atoms with E-state index in [4.69, 9.17) is 0 Å². The molecule has 0 unspecified atom stereocenters. The van der Waals surface area contributed by atoms with E-state index in [9.17, 15) is 23.3 Å². The maximum absolute atomic E-state index is 13.0. The fourth-order valence-electron chi connectivity index (χ4n) is 1.88. The largest absolute Gasteiger partial charge is 0.365 e. The first-order valence-electron chi connectivity index (χ1n) is 5.32. The van der Waals surface area contributed by atoms with Gasteiger partial charge in [0.1, 0.15) is 11.9 Å². The Kier molecular flexibility index (Phi) is 3.10. The zero-order valence-corrected chi connectivity index (χ0v) is 9.28. The van der Waals surface area contributed by atoms with Gasteiger partial charge in [-0.15, -0.1) is 0 Å². The normalized spacial score (nSPS) is 18.7. The highest BCUT2D eigenvalue weighted by Gasteiger charge is 2.35. The zero-order valence-electron chi connectivity index (χ0n) is 9.28. The number of alkyl halides is 2. The SMILES string of the molecule is O=[N+]([O-])c1cnc(F)cc1N1CCC(F)(F)CC1. The molecule has 0 bridgehead atoms. The standard InChI is InChI=1S/C10H10F3N3O2/c11-9-5-7(8(6-14-9)16(17)18)15-3-1-10(12,13)2-4-15/h5-6H,1-4H2. The Morgan fingerprint density at radius 1 is 1.39 bits per heavy atom. The Labute approximate surface area is 100 Å². The second-order valence-corrected chi connectivity index (χ2v) is 4.10. The third-order valence-corrected chi connectivity index (χ3v) is 2.86. The van der Waals surface area contributed by atoms with E-state index in [1.54, 1.807) is 0 Å². The molecule has 0 spiro atoms. The lowest BCUT2D eigenvalue weighted by Gasteiger charge is -2.32. The second kappa shape index (κ2) is 4.43. The molecule has 2 heterocycles. The minimum atomic E-state index is -2.75. The van der Waals surface area contributed by atoms with E-state index in [1.165, 1.54) is 4.90 Å². The lowest BCUT2D eigenvalue weighted by molar-refractivity contribution is -0.384. The lowest BCUT2D eigenvalue weighted by atomic mass is 10.1. The van der Waals surface area contributed by atoms with Crippen molar-refractivity contribution in [2.45, 2.75) is 18.8 Å². The first-order valence-corrected chi connectivity index (χ1v) is 5.32. The van der Waals surface area contributed by atoms with E-state index in [2.05, 4.69) is 4.98 Å². The molecular weight excluding hydrogens is 251 g/mol. The third-order valence-electron chi connectivity index (χ3n) is 2.86. The molecular formula is C10H10F3N3O2. The Morgan fingerprint density at radius 3 is 2.56 bits per heavy atom. The van der Waals surface area contributed by atoms with Gasteiger partial charge in [-0.05, 0) is 0 Å². The fourth-order valence-corrected chi connectivity index (χ4v) is 1.88. The topological polar surface area (TPSA) is 59.3 Å². The summed E-state index contributed by atoms with van der Waals surface area (Å²) in [5.41, 5.74) is -0.371. The molecule has 1 saturated heterocycles. The summed E-state index contributed by atoms with van der Waals surface area (Å²) in [6.07, 6.45) is 0.0135. The van der Waals surface area contributed by atoms with Crippen molar-refractivity contribution >= 4 is 11.4 Å². The summed E-state index contributed by atoms with van der Waals surface area (Å²) in [6, 6.07) is 0.904. The van der Waals surface area contributed by atoms with Gasteiger partial charge in [0.25, 0.3) is 5.92 Å².